The summed E-state index contributed by atoms with van der Waals surface area (Å²) in [4.78, 5) is 7.68. The Kier molecular flexibility index (Phi) is 4.01. The number of aliphatic hydroxyl groups is 1. The number of hydrogen-bond donors (Lipinski definition) is 2. The Morgan fingerprint density at radius 2 is 2.47 bits per heavy atom. The minimum atomic E-state index is -0.00645. The Morgan fingerprint density at radius 3 is 3.06 bits per heavy atom. The third kappa shape index (κ3) is 2.61. The van der Waals surface area contributed by atoms with E-state index >= 15 is 0 Å². The molecule has 1 aliphatic heterocycles. The zero-order valence-corrected chi connectivity index (χ0v) is 11.2. The van der Waals surface area contributed by atoms with Gasteiger partial charge in [0.05, 0.1) is 6.61 Å². The highest BCUT2D eigenvalue weighted by Gasteiger charge is 2.39. The van der Waals surface area contributed by atoms with Crippen LogP contribution in [0.4, 0.5) is 5.13 Å². The van der Waals surface area contributed by atoms with Crippen molar-refractivity contribution in [3.8, 4) is 0 Å². The van der Waals surface area contributed by atoms with Gasteiger partial charge in [-0.15, -0.1) is 11.3 Å². The smallest absolute Gasteiger partial charge is 0.180 e. The minimum absolute atomic E-state index is 0.00645. The predicted octanol–water partition coefficient (Wildman–Crippen LogP) is 1.85. The first-order valence-corrected chi connectivity index (χ1v) is 7.08. The van der Waals surface area contributed by atoms with Gasteiger partial charge in [-0.05, 0) is 25.8 Å². The number of thiazole rings is 1. The third-order valence-electron chi connectivity index (χ3n) is 3.67. The fraction of sp³-hybridized carbons (Fsp3) is 0.750. The largest absolute Gasteiger partial charge is 0.394 e. The third-order valence-corrected chi connectivity index (χ3v) is 4.48. The maximum atomic E-state index is 9.72. The predicted molar refractivity (Wildman–Crippen MR) is 70.9 cm³/mol. The number of nitrogen functional groups attached to an aromatic ring is 1. The summed E-state index contributed by atoms with van der Waals surface area (Å²) in [6, 6.07) is 0. The molecule has 0 spiro atoms. The number of aromatic nitrogens is 1. The van der Waals surface area contributed by atoms with Gasteiger partial charge in [-0.1, -0.05) is 13.3 Å². The minimum Gasteiger partial charge on any atom is -0.394 e. The number of hydrogen-bond acceptors (Lipinski definition) is 5. The SMILES string of the molecule is CCCC1(CO)CCCN1Cc1cnc(N)s1. The molecule has 1 atom stereocenters. The highest BCUT2D eigenvalue weighted by atomic mass is 32.1. The van der Waals surface area contributed by atoms with Crippen molar-refractivity contribution in [2.24, 2.45) is 0 Å². The van der Waals surface area contributed by atoms with Crippen molar-refractivity contribution in [3.05, 3.63) is 11.1 Å². The van der Waals surface area contributed by atoms with Gasteiger partial charge in [0.2, 0.25) is 0 Å². The molecule has 4 nitrogen and oxygen atoms in total. The molecule has 0 saturated carbocycles. The molecule has 3 N–H and O–H groups in total. The van der Waals surface area contributed by atoms with Gasteiger partial charge in [-0.25, -0.2) is 4.98 Å². The van der Waals surface area contributed by atoms with E-state index in [1.807, 2.05) is 6.20 Å². The molecule has 0 bridgehead atoms. The molecule has 1 saturated heterocycles. The van der Waals surface area contributed by atoms with Crippen LogP contribution in [0.25, 0.3) is 0 Å². The van der Waals surface area contributed by atoms with E-state index in [0.29, 0.717) is 5.13 Å². The Balaban J connectivity index is 2.08. The van der Waals surface area contributed by atoms with Gasteiger partial charge >= 0.3 is 0 Å². The second-order valence-electron chi connectivity index (χ2n) is 4.82. The lowest BCUT2D eigenvalue weighted by atomic mass is 9.91. The molecule has 1 unspecified atom stereocenters. The van der Waals surface area contributed by atoms with Crippen molar-refractivity contribution in [2.75, 3.05) is 18.9 Å². The summed E-state index contributed by atoms with van der Waals surface area (Å²) in [6.07, 6.45) is 6.31. The van der Waals surface area contributed by atoms with Gasteiger partial charge in [0.15, 0.2) is 5.13 Å². The molecule has 1 fully saturated rings. The highest BCUT2D eigenvalue weighted by molar-refractivity contribution is 7.15. The van der Waals surface area contributed by atoms with Gasteiger partial charge in [-0.3, -0.25) is 4.90 Å². The van der Waals surface area contributed by atoms with Gasteiger partial charge in [0.1, 0.15) is 0 Å². The van der Waals surface area contributed by atoms with Crippen molar-refractivity contribution in [2.45, 2.75) is 44.7 Å². The Labute approximate surface area is 106 Å². The van der Waals surface area contributed by atoms with E-state index in [1.54, 1.807) is 11.3 Å². The van der Waals surface area contributed by atoms with E-state index in [9.17, 15) is 5.11 Å². The lowest BCUT2D eigenvalue weighted by Crippen LogP contribution is -2.46. The number of nitrogens with two attached hydrogens (primary N) is 1. The van der Waals surface area contributed by atoms with Gasteiger partial charge in [0, 0.05) is 23.2 Å². The van der Waals surface area contributed by atoms with Crippen molar-refractivity contribution < 1.29 is 5.11 Å². The van der Waals surface area contributed by atoms with Crippen LogP contribution in [0.15, 0.2) is 6.20 Å². The molecule has 1 aromatic heterocycles. The average Bonchev–Trinajstić information content (AvgIpc) is 2.88. The molecule has 5 heteroatoms. The van der Waals surface area contributed by atoms with Gasteiger partial charge < -0.3 is 10.8 Å². The summed E-state index contributed by atoms with van der Waals surface area (Å²) in [5.41, 5.74) is 5.64. The second-order valence-corrected chi connectivity index (χ2v) is 5.97. The number of nitrogens with zero attached hydrogens (tertiary/aromatic N) is 2. The zero-order valence-electron chi connectivity index (χ0n) is 10.4. The van der Waals surface area contributed by atoms with Crippen LogP contribution in [0.1, 0.15) is 37.5 Å². The second kappa shape index (κ2) is 5.33. The summed E-state index contributed by atoms with van der Waals surface area (Å²) in [5.74, 6) is 0. The van der Waals surface area contributed by atoms with Crippen LogP contribution in [0.3, 0.4) is 0 Å². The fourth-order valence-corrected chi connectivity index (χ4v) is 3.53. The van der Waals surface area contributed by atoms with Gasteiger partial charge in [-0.2, -0.15) is 0 Å². The summed E-state index contributed by atoms with van der Waals surface area (Å²) in [7, 11) is 0. The molecule has 17 heavy (non-hydrogen) atoms. The molecule has 1 aromatic rings. The molecule has 2 rings (SSSR count). The molecular formula is C12H21N3OS. The maximum absolute atomic E-state index is 9.72. The molecular weight excluding hydrogens is 234 g/mol. The molecule has 1 aliphatic rings. The molecule has 0 radical (unpaired) electrons. The van der Waals surface area contributed by atoms with Crippen LogP contribution in [0.5, 0.6) is 0 Å². The molecule has 0 aromatic carbocycles. The number of likely N-dealkylation sites (tertiary alicyclic amines) is 1. The average molecular weight is 255 g/mol. The first-order chi connectivity index (χ1) is 8.20. The number of anilines is 1. The normalized spacial score (nSPS) is 25.5. The van der Waals surface area contributed by atoms with E-state index < -0.39 is 0 Å². The van der Waals surface area contributed by atoms with Crippen LogP contribution in [-0.2, 0) is 6.54 Å². The van der Waals surface area contributed by atoms with Crippen LogP contribution in [0, 0.1) is 0 Å². The van der Waals surface area contributed by atoms with Crippen LogP contribution in [-0.4, -0.2) is 33.7 Å². The summed E-state index contributed by atoms with van der Waals surface area (Å²) in [6.45, 7) is 4.38. The molecule has 96 valence electrons. The van der Waals surface area contributed by atoms with Crippen LogP contribution >= 0.6 is 11.3 Å². The summed E-state index contributed by atoms with van der Waals surface area (Å²) in [5, 5.41) is 10.4. The van der Waals surface area contributed by atoms with Crippen molar-refractivity contribution in [3.63, 3.8) is 0 Å². The molecule has 0 aliphatic carbocycles. The van der Waals surface area contributed by atoms with Crippen molar-refractivity contribution >= 4 is 16.5 Å². The Morgan fingerprint density at radius 1 is 1.65 bits per heavy atom. The Hall–Kier alpha value is -0.650. The first kappa shape index (κ1) is 12.8. The lowest BCUT2D eigenvalue weighted by Gasteiger charge is -2.36. The van der Waals surface area contributed by atoms with Gasteiger partial charge in [0.25, 0.3) is 0 Å². The molecule has 2 heterocycles. The quantitative estimate of drug-likeness (QED) is 0.843. The van der Waals surface area contributed by atoms with E-state index in [-0.39, 0.29) is 12.1 Å². The standard InChI is InChI=1S/C12H21N3OS/c1-2-4-12(9-16)5-3-6-15(12)8-10-7-14-11(13)17-10/h7,16H,2-6,8-9H2,1H3,(H2,13,14). The molecule has 0 amide bonds. The number of rotatable bonds is 5. The topological polar surface area (TPSA) is 62.4 Å². The van der Waals surface area contributed by atoms with E-state index in [0.717, 1.165) is 32.4 Å². The summed E-state index contributed by atoms with van der Waals surface area (Å²) < 4.78 is 0. The van der Waals surface area contributed by atoms with Crippen LogP contribution < -0.4 is 5.73 Å². The lowest BCUT2D eigenvalue weighted by molar-refractivity contribution is 0.0509. The first-order valence-electron chi connectivity index (χ1n) is 6.26. The maximum Gasteiger partial charge on any atom is 0.180 e. The van der Waals surface area contributed by atoms with Crippen molar-refractivity contribution in [1.29, 1.82) is 0 Å². The van der Waals surface area contributed by atoms with E-state index in [4.69, 9.17) is 5.73 Å². The number of aliphatic hydroxyl groups excluding tert-OH is 1. The highest BCUT2D eigenvalue weighted by Crippen LogP contribution is 2.35. The van der Waals surface area contributed by atoms with Crippen LogP contribution in [0.2, 0.25) is 0 Å². The summed E-state index contributed by atoms with van der Waals surface area (Å²) >= 11 is 1.55. The Bertz CT molecular complexity index is 368. The zero-order chi connectivity index (χ0) is 12.3. The van der Waals surface area contributed by atoms with E-state index in [1.165, 1.54) is 11.3 Å². The van der Waals surface area contributed by atoms with E-state index in [2.05, 4.69) is 16.8 Å². The fourth-order valence-electron chi connectivity index (χ4n) is 2.83. The monoisotopic (exact) mass is 255 g/mol. The van der Waals surface area contributed by atoms with Crippen molar-refractivity contribution in [1.82, 2.24) is 9.88 Å².